The number of unbranched alkanes of at least 4 members (excludes halogenated alkanes) is 2. The third-order valence-corrected chi connectivity index (χ3v) is 6.18. The van der Waals surface area contributed by atoms with Crippen molar-refractivity contribution in [3.05, 3.63) is 35.4 Å². The molecule has 0 aromatic heterocycles. The monoisotopic (exact) mass is 543 g/mol. The normalized spacial score (nSPS) is 18.4. The van der Waals surface area contributed by atoms with Crippen molar-refractivity contribution in [2.75, 3.05) is 59.5 Å². The summed E-state index contributed by atoms with van der Waals surface area (Å²) in [7, 11) is 1.85. The molecule has 0 aliphatic carbocycles. The largest absolute Gasteiger partial charge is 0.379 e. The van der Waals surface area contributed by atoms with Crippen molar-refractivity contribution in [2.24, 2.45) is 4.99 Å². The van der Waals surface area contributed by atoms with Crippen molar-refractivity contribution >= 4 is 29.9 Å². The fourth-order valence-corrected chi connectivity index (χ4v) is 4.31. The minimum absolute atomic E-state index is 0. The molecule has 2 saturated heterocycles. The molecule has 2 heterocycles. The van der Waals surface area contributed by atoms with E-state index in [-0.39, 0.29) is 24.0 Å². The minimum Gasteiger partial charge on any atom is -0.379 e. The number of halogens is 1. The molecule has 7 heteroatoms. The molecule has 0 bridgehead atoms. The molecule has 0 saturated carbocycles. The quantitative estimate of drug-likeness (QED) is 0.205. The first-order chi connectivity index (χ1) is 14.8. The Labute approximate surface area is 206 Å². The molecule has 1 aromatic rings. The molecule has 0 amide bonds. The van der Waals surface area contributed by atoms with Gasteiger partial charge in [0.1, 0.15) is 0 Å². The summed E-state index contributed by atoms with van der Waals surface area (Å²) in [5.74, 6) is 0.896. The van der Waals surface area contributed by atoms with Gasteiger partial charge in [-0.15, -0.1) is 24.0 Å². The first kappa shape index (κ1) is 26.4. The van der Waals surface area contributed by atoms with Crippen LogP contribution < -0.4 is 10.6 Å². The predicted molar refractivity (Wildman–Crippen MR) is 140 cm³/mol. The number of piperidine rings is 1. The number of benzene rings is 1. The van der Waals surface area contributed by atoms with Crippen LogP contribution >= 0.6 is 24.0 Å². The van der Waals surface area contributed by atoms with E-state index in [0.717, 1.165) is 51.9 Å². The molecule has 0 unspecified atom stereocenters. The predicted octanol–water partition coefficient (Wildman–Crippen LogP) is 3.46. The number of guanidine groups is 1. The highest BCUT2D eigenvalue weighted by molar-refractivity contribution is 14.0. The number of aliphatic imine (C=N–C) groups is 1. The highest BCUT2D eigenvalue weighted by Gasteiger charge is 2.13. The summed E-state index contributed by atoms with van der Waals surface area (Å²) in [6.07, 6.45) is 7.98. The van der Waals surface area contributed by atoms with Gasteiger partial charge in [0, 0.05) is 39.8 Å². The van der Waals surface area contributed by atoms with Gasteiger partial charge in [-0.25, -0.2) is 0 Å². The van der Waals surface area contributed by atoms with E-state index in [2.05, 4.69) is 49.7 Å². The maximum absolute atomic E-state index is 5.47. The maximum Gasteiger partial charge on any atom is 0.191 e. The van der Waals surface area contributed by atoms with Gasteiger partial charge < -0.3 is 20.3 Å². The van der Waals surface area contributed by atoms with E-state index in [1.807, 2.05) is 7.05 Å². The molecule has 176 valence electrons. The topological polar surface area (TPSA) is 52.1 Å². The van der Waals surface area contributed by atoms with E-state index in [4.69, 9.17) is 4.74 Å². The van der Waals surface area contributed by atoms with Crippen LogP contribution in [0.5, 0.6) is 0 Å². The molecule has 6 nitrogen and oxygen atoms in total. The van der Waals surface area contributed by atoms with Gasteiger partial charge in [-0.05, 0) is 56.4 Å². The summed E-state index contributed by atoms with van der Waals surface area (Å²) >= 11 is 0. The lowest BCUT2D eigenvalue weighted by molar-refractivity contribution is 0.0341. The summed E-state index contributed by atoms with van der Waals surface area (Å²) in [6.45, 7) is 10.4. The summed E-state index contributed by atoms with van der Waals surface area (Å²) < 4.78 is 5.47. The maximum atomic E-state index is 5.47. The van der Waals surface area contributed by atoms with Crippen molar-refractivity contribution in [1.82, 2.24) is 20.4 Å². The van der Waals surface area contributed by atoms with Gasteiger partial charge in [-0.2, -0.15) is 0 Å². The Kier molecular flexibility index (Phi) is 13.5. The van der Waals surface area contributed by atoms with E-state index in [1.165, 1.54) is 69.3 Å². The van der Waals surface area contributed by atoms with E-state index in [9.17, 15) is 0 Å². The highest BCUT2D eigenvalue weighted by Crippen LogP contribution is 2.13. The van der Waals surface area contributed by atoms with Gasteiger partial charge in [-0.1, -0.05) is 37.1 Å². The number of likely N-dealkylation sites (tertiary alicyclic amines) is 1. The lowest BCUT2D eigenvalue weighted by Gasteiger charge is -2.27. The van der Waals surface area contributed by atoms with Crippen molar-refractivity contribution in [2.45, 2.75) is 51.6 Å². The van der Waals surface area contributed by atoms with E-state index >= 15 is 0 Å². The van der Waals surface area contributed by atoms with Gasteiger partial charge in [-0.3, -0.25) is 9.89 Å². The average Bonchev–Trinajstić information content (AvgIpc) is 2.80. The SMILES string of the molecule is CN=C(NCCCCCN1CCCCC1)NCc1ccccc1CN1CCOCC1.I. The van der Waals surface area contributed by atoms with Gasteiger partial charge in [0.15, 0.2) is 5.96 Å². The standard InChI is InChI=1S/C24H41N5O.HI/c1-25-24(26-12-6-2-7-13-28-14-8-3-9-15-28)27-20-22-10-4-5-11-23(22)21-29-16-18-30-19-17-29;/h4-5,10-11H,2-3,6-9,12-21H2,1H3,(H2,25,26,27);1H. The molecule has 1 aromatic carbocycles. The average molecular weight is 544 g/mol. The Morgan fingerprint density at radius 1 is 0.903 bits per heavy atom. The molecule has 0 atom stereocenters. The van der Waals surface area contributed by atoms with Crippen LogP contribution in [-0.2, 0) is 17.8 Å². The number of ether oxygens (including phenoxy) is 1. The van der Waals surface area contributed by atoms with E-state index < -0.39 is 0 Å². The summed E-state index contributed by atoms with van der Waals surface area (Å²) in [6, 6.07) is 8.72. The van der Waals surface area contributed by atoms with Crippen LogP contribution in [0.4, 0.5) is 0 Å². The number of hydrogen-bond donors (Lipinski definition) is 2. The molecule has 2 aliphatic rings. The molecule has 2 fully saturated rings. The molecule has 0 radical (unpaired) electrons. The zero-order valence-electron chi connectivity index (χ0n) is 19.3. The van der Waals surface area contributed by atoms with E-state index in [0.29, 0.717) is 0 Å². The Bertz CT molecular complexity index is 630. The minimum atomic E-state index is 0. The molecular weight excluding hydrogens is 501 g/mol. The zero-order chi connectivity index (χ0) is 20.9. The van der Waals surface area contributed by atoms with Crippen LogP contribution in [0.15, 0.2) is 29.3 Å². The molecule has 2 aliphatic heterocycles. The number of nitrogens with zero attached hydrogens (tertiary/aromatic N) is 3. The number of morpholine rings is 1. The van der Waals surface area contributed by atoms with Crippen LogP contribution in [0.3, 0.4) is 0 Å². The smallest absolute Gasteiger partial charge is 0.191 e. The first-order valence-electron chi connectivity index (χ1n) is 11.9. The Hall–Kier alpha value is -0.900. The fourth-order valence-electron chi connectivity index (χ4n) is 4.31. The lowest BCUT2D eigenvalue weighted by atomic mass is 10.1. The second-order valence-corrected chi connectivity index (χ2v) is 8.47. The van der Waals surface area contributed by atoms with Gasteiger partial charge in [0.25, 0.3) is 0 Å². The summed E-state index contributed by atoms with van der Waals surface area (Å²) in [5.41, 5.74) is 2.73. The third kappa shape index (κ3) is 10.1. The van der Waals surface area contributed by atoms with Gasteiger partial charge in [0.05, 0.1) is 13.2 Å². The summed E-state index contributed by atoms with van der Waals surface area (Å²) in [4.78, 5) is 9.50. The fraction of sp³-hybridized carbons (Fsp3) is 0.708. The van der Waals surface area contributed by atoms with Crippen LogP contribution in [0.1, 0.15) is 49.7 Å². The first-order valence-corrected chi connectivity index (χ1v) is 11.9. The Balaban J connectivity index is 0.00000341. The van der Waals surface area contributed by atoms with Crippen molar-refractivity contribution in [1.29, 1.82) is 0 Å². The molecule has 31 heavy (non-hydrogen) atoms. The van der Waals surface area contributed by atoms with Crippen LogP contribution in [-0.4, -0.2) is 75.3 Å². The zero-order valence-corrected chi connectivity index (χ0v) is 21.6. The Morgan fingerprint density at radius 2 is 1.65 bits per heavy atom. The third-order valence-electron chi connectivity index (χ3n) is 6.18. The van der Waals surface area contributed by atoms with Crippen molar-refractivity contribution < 1.29 is 4.74 Å². The van der Waals surface area contributed by atoms with Crippen LogP contribution in [0.25, 0.3) is 0 Å². The van der Waals surface area contributed by atoms with E-state index in [1.54, 1.807) is 0 Å². The number of hydrogen-bond acceptors (Lipinski definition) is 4. The van der Waals surface area contributed by atoms with Crippen molar-refractivity contribution in [3.63, 3.8) is 0 Å². The van der Waals surface area contributed by atoms with Gasteiger partial charge in [0.2, 0.25) is 0 Å². The Morgan fingerprint density at radius 3 is 2.39 bits per heavy atom. The molecule has 0 spiro atoms. The number of nitrogens with one attached hydrogen (secondary N) is 2. The van der Waals surface area contributed by atoms with Crippen LogP contribution in [0.2, 0.25) is 0 Å². The summed E-state index contributed by atoms with van der Waals surface area (Å²) in [5, 5.41) is 6.97. The molecule has 3 rings (SSSR count). The van der Waals surface area contributed by atoms with Crippen LogP contribution in [0, 0.1) is 0 Å². The van der Waals surface area contributed by atoms with Crippen molar-refractivity contribution in [3.8, 4) is 0 Å². The lowest BCUT2D eigenvalue weighted by Crippen LogP contribution is -2.38. The molecular formula is C24H42IN5O. The highest BCUT2D eigenvalue weighted by atomic mass is 127. The second kappa shape index (κ2) is 15.8. The number of rotatable bonds is 10. The molecule has 2 N–H and O–H groups in total. The van der Waals surface area contributed by atoms with Gasteiger partial charge >= 0.3 is 0 Å². The second-order valence-electron chi connectivity index (χ2n) is 8.47.